The maximum atomic E-state index is 13.5. The van der Waals surface area contributed by atoms with Crippen molar-refractivity contribution in [3.8, 4) is 5.75 Å². The molecule has 0 aliphatic heterocycles. The zero-order chi connectivity index (χ0) is 24.6. The predicted molar refractivity (Wildman–Crippen MR) is 135 cm³/mol. The lowest BCUT2D eigenvalue weighted by molar-refractivity contribution is -0.115. The molecule has 2 amide bonds. The molecule has 0 spiro atoms. The van der Waals surface area contributed by atoms with Gasteiger partial charge < -0.3 is 15.0 Å². The van der Waals surface area contributed by atoms with Gasteiger partial charge in [0.1, 0.15) is 11.6 Å². The molecule has 0 aliphatic rings. The first-order valence-electron chi connectivity index (χ1n) is 11.2. The number of carbonyl (C=O) groups is 2. The largest absolute Gasteiger partial charge is 0.497 e. The monoisotopic (exact) mass is 468 g/mol. The Kier molecular flexibility index (Phi) is 7.53. The Morgan fingerprint density at radius 1 is 0.829 bits per heavy atom. The molecule has 4 rings (SSSR count). The second kappa shape index (κ2) is 11.1. The van der Waals surface area contributed by atoms with Gasteiger partial charge in [0.2, 0.25) is 5.91 Å². The Morgan fingerprint density at radius 2 is 1.54 bits per heavy atom. The molecular formula is C29H25FN2O3. The van der Waals surface area contributed by atoms with Gasteiger partial charge in [0.25, 0.3) is 5.91 Å². The second-order valence-corrected chi connectivity index (χ2v) is 8.01. The third-order valence-electron chi connectivity index (χ3n) is 5.49. The fourth-order valence-electron chi connectivity index (χ4n) is 3.68. The molecule has 0 aliphatic carbocycles. The Bertz CT molecular complexity index is 1290. The summed E-state index contributed by atoms with van der Waals surface area (Å²) in [5.74, 6) is -0.118. The van der Waals surface area contributed by atoms with E-state index in [-0.39, 0.29) is 24.1 Å². The van der Waals surface area contributed by atoms with Crippen molar-refractivity contribution in [2.24, 2.45) is 0 Å². The molecule has 0 fully saturated rings. The molecule has 0 aromatic heterocycles. The zero-order valence-corrected chi connectivity index (χ0v) is 19.3. The Labute approximate surface area is 203 Å². The normalized spacial score (nSPS) is 10.5. The standard InChI is InChI=1S/C29H25FN2O3/c1-35-27-9-5-8-23(19-27)29(34)32(20-22-6-3-2-4-7-22)26-16-10-21(11-17-26)18-28(33)31-25-14-12-24(30)13-15-25/h2-17,19H,18,20H2,1H3,(H,31,33). The number of halogens is 1. The van der Waals surface area contributed by atoms with Crippen LogP contribution in [0.1, 0.15) is 21.5 Å². The first-order valence-corrected chi connectivity index (χ1v) is 11.2. The van der Waals surface area contributed by atoms with Crippen LogP contribution >= 0.6 is 0 Å². The zero-order valence-electron chi connectivity index (χ0n) is 19.3. The number of hydrogen-bond acceptors (Lipinski definition) is 3. The first-order chi connectivity index (χ1) is 17.0. The molecule has 0 radical (unpaired) electrons. The van der Waals surface area contributed by atoms with E-state index in [1.165, 1.54) is 24.3 Å². The quantitative estimate of drug-likeness (QED) is 0.352. The summed E-state index contributed by atoms with van der Waals surface area (Å²) in [6.07, 6.45) is 0.153. The molecule has 0 saturated heterocycles. The molecule has 4 aromatic carbocycles. The predicted octanol–water partition coefficient (Wildman–Crippen LogP) is 5.86. The SMILES string of the molecule is COc1cccc(C(=O)N(Cc2ccccc2)c2ccc(CC(=O)Nc3ccc(F)cc3)cc2)c1. The molecule has 4 aromatic rings. The van der Waals surface area contributed by atoms with Crippen LogP contribution in [0.15, 0.2) is 103 Å². The van der Waals surface area contributed by atoms with Crippen molar-refractivity contribution in [3.63, 3.8) is 0 Å². The number of carbonyl (C=O) groups excluding carboxylic acids is 2. The van der Waals surface area contributed by atoms with Gasteiger partial charge in [0.05, 0.1) is 20.1 Å². The van der Waals surface area contributed by atoms with Crippen LogP contribution in [0.25, 0.3) is 0 Å². The van der Waals surface area contributed by atoms with Gasteiger partial charge in [-0.3, -0.25) is 9.59 Å². The third-order valence-corrected chi connectivity index (χ3v) is 5.49. The summed E-state index contributed by atoms with van der Waals surface area (Å²) in [6, 6.07) is 29.8. The highest BCUT2D eigenvalue weighted by Gasteiger charge is 2.19. The van der Waals surface area contributed by atoms with Crippen LogP contribution < -0.4 is 15.0 Å². The number of rotatable bonds is 8. The van der Waals surface area contributed by atoms with E-state index in [0.29, 0.717) is 29.2 Å². The highest BCUT2D eigenvalue weighted by molar-refractivity contribution is 6.06. The number of benzene rings is 4. The molecular weight excluding hydrogens is 443 g/mol. The van der Waals surface area contributed by atoms with Crippen molar-refractivity contribution in [2.75, 3.05) is 17.3 Å². The highest BCUT2D eigenvalue weighted by atomic mass is 19.1. The van der Waals surface area contributed by atoms with Crippen LogP contribution in [0.5, 0.6) is 5.75 Å². The molecule has 35 heavy (non-hydrogen) atoms. The average molecular weight is 469 g/mol. The van der Waals surface area contributed by atoms with Crippen molar-refractivity contribution in [1.29, 1.82) is 0 Å². The fourth-order valence-corrected chi connectivity index (χ4v) is 3.68. The Balaban J connectivity index is 1.53. The fraction of sp³-hybridized carbons (Fsp3) is 0.103. The van der Waals surface area contributed by atoms with Crippen molar-refractivity contribution < 1.29 is 18.7 Å². The minimum Gasteiger partial charge on any atom is -0.497 e. The molecule has 0 saturated carbocycles. The third kappa shape index (κ3) is 6.32. The molecule has 0 unspecified atom stereocenters. The summed E-state index contributed by atoms with van der Waals surface area (Å²) < 4.78 is 18.4. The highest BCUT2D eigenvalue weighted by Crippen LogP contribution is 2.23. The van der Waals surface area contributed by atoms with E-state index in [2.05, 4.69) is 5.32 Å². The van der Waals surface area contributed by atoms with Crippen LogP contribution in [0.2, 0.25) is 0 Å². The molecule has 6 heteroatoms. The van der Waals surface area contributed by atoms with Crippen LogP contribution in [-0.2, 0) is 17.8 Å². The second-order valence-electron chi connectivity index (χ2n) is 8.01. The van der Waals surface area contributed by atoms with E-state index in [0.717, 1.165) is 11.1 Å². The summed E-state index contributed by atoms with van der Waals surface area (Å²) in [7, 11) is 1.57. The van der Waals surface area contributed by atoms with E-state index in [1.807, 2.05) is 54.6 Å². The van der Waals surface area contributed by atoms with Gasteiger partial charge in [-0.2, -0.15) is 0 Å². The lowest BCUT2D eigenvalue weighted by Gasteiger charge is -2.24. The van der Waals surface area contributed by atoms with Crippen molar-refractivity contribution in [3.05, 3.63) is 126 Å². The van der Waals surface area contributed by atoms with E-state index in [1.54, 1.807) is 36.3 Å². The van der Waals surface area contributed by atoms with Crippen molar-refractivity contribution >= 4 is 23.2 Å². The summed E-state index contributed by atoms with van der Waals surface area (Å²) in [5, 5.41) is 2.76. The van der Waals surface area contributed by atoms with E-state index in [4.69, 9.17) is 4.74 Å². The van der Waals surface area contributed by atoms with Gasteiger partial charge in [-0.1, -0.05) is 48.5 Å². The molecule has 1 N–H and O–H groups in total. The molecule has 0 bridgehead atoms. The number of nitrogens with one attached hydrogen (secondary N) is 1. The number of hydrogen-bond donors (Lipinski definition) is 1. The molecule has 5 nitrogen and oxygen atoms in total. The maximum absolute atomic E-state index is 13.5. The smallest absolute Gasteiger partial charge is 0.258 e. The van der Waals surface area contributed by atoms with Gasteiger partial charge >= 0.3 is 0 Å². The van der Waals surface area contributed by atoms with E-state index in [9.17, 15) is 14.0 Å². The van der Waals surface area contributed by atoms with E-state index >= 15 is 0 Å². The lowest BCUT2D eigenvalue weighted by atomic mass is 10.1. The topological polar surface area (TPSA) is 58.6 Å². The summed E-state index contributed by atoms with van der Waals surface area (Å²) in [5.41, 5.74) is 3.55. The van der Waals surface area contributed by atoms with Gasteiger partial charge in [0.15, 0.2) is 0 Å². The summed E-state index contributed by atoms with van der Waals surface area (Å²) in [4.78, 5) is 27.6. The average Bonchev–Trinajstić information content (AvgIpc) is 2.89. The molecule has 0 atom stereocenters. The summed E-state index contributed by atoms with van der Waals surface area (Å²) in [6.45, 7) is 0.390. The van der Waals surface area contributed by atoms with Crippen molar-refractivity contribution in [2.45, 2.75) is 13.0 Å². The number of methoxy groups -OCH3 is 1. The maximum Gasteiger partial charge on any atom is 0.258 e. The Hall–Kier alpha value is -4.45. The van der Waals surface area contributed by atoms with Crippen LogP contribution in [0.4, 0.5) is 15.8 Å². The lowest BCUT2D eigenvalue weighted by Crippen LogP contribution is -2.30. The van der Waals surface area contributed by atoms with Crippen molar-refractivity contribution in [1.82, 2.24) is 0 Å². The minimum absolute atomic E-state index is 0.153. The van der Waals surface area contributed by atoms with E-state index < -0.39 is 0 Å². The number of anilines is 2. The number of ether oxygens (including phenoxy) is 1. The summed E-state index contributed by atoms with van der Waals surface area (Å²) >= 11 is 0. The van der Waals surface area contributed by atoms with Gasteiger partial charge in [-0.05, 0) is 65.7 Å². The molecule has 176 valence electrons. The number of amides is 2. The number of nitrogens with zero attached hydrogens (tertiary/aromatic N) is 1. The Morgan fingerprint density at radius 3 is 2.23 bits per heavy atom. The van der Waals surface area contributed by atoms with Gasteiger partial charge in [0, 0.05) is 16.9 Å². The van der Waals surface area contributed by atoms with Gasteiger partial charge in [-0.15, -0.1) is 0 Å². The minimum atomic E-state index is -0.359. The van der Waals surface area contributed by atoms with Gasteiger partial charge in [-0.25, -0.2) is 4.39 Å². The first kappa shape index (κ1) is 23.7. The van der Waals surface area contributed by atoms with Crippen LogP contribution in [0.3, 0.4) is 0 Å². The van der Waals surface area contributed by atoms with Crippen LogP contribution in [0, 0.1) is 5.82 Å². The molecule has 0 heterocycles. The van der Waals surface area contributed by atoms with Crippen LogP contribution in [-0.4, -0.2) is 18.9 Å².